The van der Waals surface area contributed by atoms with Crippen molar-refractivity contribution in [3.8, 4) is 39.1 Å². The normalized spacial score (nSPS) is 11.6. The Balaban J connectivity index is 1.13. The van der Waals surface area contributed by atoms with Crippen molar-refractivity contribution >= 4 is 71.6 Å². The minimum Gasteiger partial charge on any atom is -0.456 e. The van der Waals surface area contributed by atoms with Crippen molar-refractivity contribution in [2.45, 2.75) is 0 Å². The number of anilines is 3. The van der Waals surface area contributed by atoms with Crippen LogP contribution in [0.5, 0.6) is 0 Å². The van der Waals surface area contributed by atoms with E-state index < -0.39 is 0 Å². The molecule has 0 N–H and O–H groups in total. The van der Waals surface area contributed by atoms with Crippen LogP contribution in [-0.2, 0) is 0 Å². The molecule has 0 saturated heterocycles. The van der Waals surface area contributed by atoms with E-state index in [1.807, 2.05) is 6.07 Å². The summed E-state index contributed by atoms with van der Waals surface area (Å²) in [7, 11) is 0. The van der Waals surface area contributed by atoms with Gasteiger partial charge in [-0.2, -0.15) is 0 Å². The molecular weight excluding hydrogens is 741 g/mol. The van der Waals surface area contributed by atoms with Gasteiger partial charge < -0.3 is 13.9 Å². The number of hydrogen-bond acceptors (Lipinski definition) is 2. The number of aromatic nitrogens is 1. The van der Waals surface area contributed by atoms with Crippen molar-refractivity contribution < 1.29 is 4.42 Å². The summed E-state index contributed by atoms with van der Waals surface area (Å²) in [5.74, 6) is 0. The quantitative estimate of drug-likeness (QED) is 0.161. The zero-order valence-electron chi connectivity index (χ0n) is 33.2. The molecule has 61 heavy (non-hydrogen) atoms. The van der Waals surface area contributed by atoms with E-state index in [9.17, 15) is 0 Å². The molecule has 2 heterocycles. The Bertz CT molecular complexity index is 3550. The minimum absolute atomic E-state index is 0.883. The molecule has 0 aliphatic heterocycles. The van der Waals surface area contributed by atoms with Gasteiger partial charge in [-0.3, -0.25) is 0 Å². The molecule has 0 unspecified atom stereocenters. The highest BCUT2D eigenvalue weighted by molar-refractivity contribution is 6.13. The molecule has 0 bridgehead atoms. The van der Waals surface area contributed by atoms with Crippen LogP contribution in [0.4, 0.5) is 17.1 Å². The van der Waals surface area contributed by atoms with Crippen molar-refractivity contribution in [2.75, 3.05) is 4.90 Å². The standard InChI is InChI=1S/C58H38N2O/c1-2-16-40(17-3-1)48-35-34-42(47-28-13-19-39-18-4-5-24-46(39)47)37-55(48)59(43-21-12-20-41(36-43)49-29-15-33-57-58(49)52-27-8-11-32-56(52)61-57)44-22-14-23-45(38-44)60-53-30-9-6-25-50(53)51-26-7-10-31-54(51)60/h1-38H. The summed E-state index contributed by atoms with van der Waals surface area (Å²) in [4.78, 5) is 2.45. The fourth-order valence-electron chi connectivity index (χ4n) is 9.45. The number of rotatable bonds is 7. The van der Waals surface area contributed by atoms with Crippen molar-refractivity contribution in [1.82, 2.24) is 4.57 Å². The molecule has 0 saturated carbocycles. The Morgan fingerprint density at radius 1 is 0.344 bits per heavy atom. The van der Waals surface area contributed by atoms with Gasteiger partial charge in [0.2, 0.25) is 0 Å². The van der Waals surface area contributed by atoms with Gasteiger partial charge in [0, 0.05) is 44.2 Å². The molecule has 0 amide bonds. The number of furan rings is 1. The van der Waals surface area contributed by atoms with Gasteiger partial charge in [-0.15, -0.1) is 0 Å². The maximum absolute atomic E-state index is 6.38. The van der Waals surface area contributed by atoms with Crippen LogP contribution in [0, 0.1) is 0 Å². The Morgan fingerprint density at radius 2 is 0.918 bits per heavy atom. The van der Waals surface area contributed by atoms with Crippen molar-refractivity contribution in [2.24, 2.45) is 0 Å². The zero-order chi connectivity index (χ0) is 40.3. The molecule has 2 aromatic heterocycles. The third-order valence-corrected chi connectivity index (χ3v) is 12.2. The lowest BCUT2D eigenvalue weighted by Crippen LogP contribution is -2.12. The van der Waals surface area contributed by atoms with Crippen LogP contribution in [0.1, 0.15) is 0 Å². The number of fused-ring (bicyclic) bond motifs is 7. The highest BCUT2D eigenvalue weighted by atomic mass is 16.3. The van der Waals surface area contributed by atoms with Gasteiger partial charge in [-0.1, -0.05) is 170 Å². The van der Waals surface area contributed by atoms with Crippen LogP contribution in [0.15, 0.2) is 235 Å². The second-order valence-electron chi connectivity index (χ2n) is 15.7. The van der Waals surface area contributed by atoms with Gasteiger partial charge in [0.1, 0.15) is 11.2 Å². The minimum atomic E-state index is 0.883. The first-order valence-corrected chi connectivity index (χ1v) is 20.8. The average Bonchev–Trinajstić information content (AvgIpc) is 3.88. The molecule has 0 spiro atoms. The average molecular weight is 779 g/mol. The van der Waals surface area contributed by atoms with Gasteiger partial charge in [0.05, 0.1) is 16.7 Å². The smallest absolute Gasteiger partial charge is 0.136 e. The van der Waals surface area contributed by atoms with Gasteiger partial charge in [-0.25, -0.2) is 0 Å². The van der Waals surface area contributed by atoms with Crippen LogP contribution < -0.4 is 4.90 Å². The monoisotopic (exact) mass is 778 g/mol. The summed E-state index contributed by atoms with van der Waals surface area (Å²) < 4.78 is 8.78. The van der Waals surface area contributed by atoms with Gasteiger partial charge in [-0.05, 0) is 99.3 Å². The van der Waals surface area contributed by atoms with E-state index in [0.717, 1.165) is 72.5 Å². The summed E-state index contributed by atoms with van der Waals surface area (Å²) >= 11 is 0. The molecule has 3 heteroatoms. The maximum atomic E-state index is 6.38. The largest absolute Gasteiger partial charge is 0.456 e. The number of nitrogens with zero attached hydrogens (tertiary/aromatic N) is 2. The molecule has 12 rings (SSSR count). The summed E-state index contributed by atoms with van der Waals surface area (Å²) in [5, 5.41) is 7.16. The van der Waals surface area contributed by atoms with E-state index in [2.05, 4.69) is 234 Å². The van der Waals surface area contributed by atoms with Crippen molar-refractivity contribution in [3.63, 3.8) is 0 Å². The third-order valence-electron chi connectivity index (χ3n) is 12.2. The topological polar surface area (TPSA) is 21.3 Å². The van der Waals surface area contributed by atoms with Gasteiger partial charge >= 0.3 is 0 Å². The summed E-state index contributed by atoms with van der Waals surface area (Å²) in [6, 6.07) is 83.1. The van der Waals surface area contributed by atoms with E-state index in [4.69, 9.17) is 4.42 Å². The zero-order valence-corrected chi connectivity index (χ0v) is 33.2. The van der Waals surface area contributed by atoms with Gasteiger partial charge in [0.25, 0.3) is 0 Å². The summed E-state index contributed by atoms with van der Waals surface area (Å²) in [6.45, 7) is 0. The van der Waals surface area contributed by atoms with Gasteiger partial charge in [0.15, 0.2) is 0 Å². The molecule has 3 nitrogen and oxygen atoms in total. The molecule has 10 aromatic carbocycles. The predicted octanol–water partition coefficient (Wildman–Crippen LogP) is 16.3. The molecule has 0 fully saturated rings. The lowest BCUT2D eigenvalue weighted by atomic mass is 9.93. The highest BCUT2D eigenvalue weighted by Gasteiger charge is 2.22. The molecule has 0 radical (unpaired) electrons. The van der Waals surface area contributed by atoms with E-state index in [1.54, 1.807) is 0 Å². The third kappa shape index (κ3) is 5.82. The van der Waals surface area contributed by atoms with Crippen LogP contribution in [0.2, 0.25) is 0 Å². The lowest BCUT2D eigenvalue weighted by Gasteiger charge is -2.29. The first kappa shape index (κ1) is 34.9. The van der Waals surface area contributed by atoms with Crippen molar-refractivity contribution in [3.05, 3.63) is 231 Å². The Hall–Kier alpha value is -8.14. The Morgan fingerprint density at radius 3 is 1.74 bits per heavy atom. The molecule has 12 aromatic rings. The van der Waals surface area contributed by atoms with Crippen molar-refractivity contribution in [1.29, 1.82) is 0 Å². The molecule has 0 aliphatic rings. The van der Waals surface area contributed by atoms with E-state index in [-0.39, 0.29) is 0 Å². The van der Waals surface area contributed by atoms with Crippen LogP contribution in [-0.4, -0.2) is 4.57 Å². The van der Waals surface area contributed by atoms with E-state index in [1.165, 1.54) is 38.1 Å². The second-order valence-corrected chi connectivity index (χ2v) is 15.7. The SMILES string of the molecule is c1ccc(-c2ccc(-c3cccc4ccccc34)cc2N(c2cccc(-c3cccc4oc5ccccc5c34)c2)c2cccc(-n3c4ccccc4c4ccccc43)c2)cc1. The van der Waals surface area contributed by atoms with E-state index in [0.29, 0.717) is 0 Å². The second kappa shape index (κ2) is 14.3. The fourth-order valence-corrected chi connectivity index (χ4v) is 9.45. The molecule has 286 valence electrons. The Kier molecular flexibility index (Phi) is 8.17. The van der Waals surface area contributed by atoms with Crippen LogP contribution in [0.3, 0.4) is 0 Å². The first-order valence-electron chi connectivity index (χ1n) is 20.8. The molecule has 0 aliphatic carbocycles. The predicted molar refractivity (Wildman–Crippen MR) is 257 cm³/mol. The lowest BCUT2D eigenvalue weighted by molar-refractivity contribution is 0.669. The maximum Gasteiger partial charge on any atom is 0.136 e. The molecule has 0 atom stereocenters. The fraction of sp³-hybridized carbons (Fsp3) is 0. The molecular formula is C58H38N2O. The summed E-state index contributed by atoms with van der Waals surface area (Å²) in [5.41, 5.74) is 15.3. The van der Waals surface area contributed by atoms with Crippen LogP contribution in [0.25, 0.3) is 93.6 Å². The number of hydrogen-bond donors (Lipinski definition) is 0. The number of benzene rings is 10. The Labute approximate surface area is 353 Å². The first-order chi connectivity index (χ1) is 30.3. The van der Waals surface area contributed by atoms with E-state index >= 15 is 0 Å². The highest BCUT2D eigenvalue weighted by Crippen LogP contribution is 2.46. The van der Waals surface area contributed by atoms with Crippen LogP contribution >= 0.6 is 0 Å². The summed E-state index contributed by atoms with van der Waals surface area (Å²) in [6.07, 6.45) is 0. The number of para-hydroxylation sites is 3.